The summed E-state index contributed by atoms with van der Waals surface area (Å²) in [4.78, 5) is 16.7. The lowest BCUT2D eigenvalue weighted by molar-refractivity contribution is -0.126. The minimum Gasteiger partial charge on any atom is -0.497 e. The van der Waals surface area contributed by atoms with Gasteiger partial charge in [-0.3, -0.25) is 4.79 Å². The highest BCUT2D eigenvalue weighted by atomic mass is 32.1. The van der Waals surface area contributed by atoms with Gasteiger partial charge in [-0.15, -0.1) is 0 Å². The molecule has 0 aliphatic carbocycles. The van der Waals surface area contributed by atoms with Crippen molar-refractivity contribution in [3.63, 3.8) is 0 Å². The van der Waals surface area contributed by atoms with Crippen molar-refractivity contribution in [3.05, 3.63) is 42.0 Å². The van der Waals surface area contributed by atoms with Crippen LogP contribution >= 0.6 is 12.2 Å². The fourth-order valence-electron chi connectivity index (χ4n) is 2.49. The average molecular weight is 398 g/mol. The lowest BCUT2D eigenvalue weighted by atomic mass is 9.96. The van der Waals surface area contributed by atoms with E-state index in [0.717, 1.165) is 28.1 Å². The van der Waals surface area contributed by atoms with Crippen LogP contribution in [0.1, 0.15) is 26.3 Å². The molecule has 0 saturated carbocycles. The standard InChI is InChI=1S/C21H23N3O3S/c1-12-6-7-13(10-15(12)23-20(28)24-19(25)21(2,3)4)18-22-16-11-14(26-5)8-9-17(16)27-18/h6-11H,1-5H3,(H2,23,24,25,28). The second-order valence-electron chi connectivity index (χ2n) is 7.54. The molecule has 0 bridgehead atoms. The largest absolute Gasteiger partial charge is 0.497 e. The summed E-state index contributed by atoms with van der Waals surface area (Å²) in [7, 11) is 1.61. The summed E-state index contributed by atoms with van der Waals surface area (Å²) in [6, 6.07) is 11.3. The van der Waals surface area contributed by atoms with Gasteiger partial charge in [-0.2, -0.15) is 0 Å². The number of rotatable bonds is 3. The first kappa shape index (κ1) is 19.8. The molecule has 6 nitrogen and oxygen atoms in total. The molecule has 0 radical (unpaired) electrons. The number of thiocarbonyl (C=S) groups is 1. The van der Waals surface area contributed by atoms with Gasteiger partial charge < -0.3 is 19.8 Å². The van der Waals surface area contributed by atoms with Gasteiger partial charge in [0.25, 0.3) is 0 Å². The maximum atomic E-state index is 12.1. The molecule has 2 aromatic carbocycles. The van der Waals surface area contributed by atoms with Crippen LogP contribution in [0.3, 0.4) is 0 Å². The number of benzene rings is 2. The minimum absolute atomic E-state index is 0.147. The Hall–Kier alpha value is -2.93. The molecule has 0 aliphatic rings. The van der Waals surface area contributed by atoms with E-state index in [2.05, 4.69) is 15.6 Å². The number of hydrogen-bond acceptors (Lipinski definition) is 5. The summed E-state index contributed by atoms with van der Waals surface area (Å²) in [6.07, 6.45) is 0. The maximum absolute atomic E-state index is 12.1. The van der Waals surface area contributed by atoms with Gasteiger partial charge in [0.05, 0.1) is 7.11 Å². The highest BCUT2D eigenvalue weighted by Gasteiger charge is 2.22. The van der Waals surface area contributed by atoms with E-state index in [4.69, 9.17) is 21.4 Å². The highest BCUT2D eigenvalue weighted by molar-refractivity contribution is 7.80. The molecule has 28 heavy (non-hydrogen) atoms. The lowest BCUT2D eigenvalue weighted by Gasteiger charge is -2.19. The quantitative estimate of drug-likeness (QED) is 0.626. The van der Waals surface area contributed by atoms with Crippen LogP contribution in [-0.4, -0.2) is 23.1 Å². The van der Waals surface area contributed by atoms with Crippen molar-refractivity contribution in [1.29, 1.82) is 0 Å². The molecule has 0 unspecified atom stereocenters. The number of oxazole rings is 1. The molecule has 0 saturated heterocycles. The smallest absolute Gasteiger partial charge is 0.231 e. The van der Waals surface area contributed by atoms with Crippen molar-refractivity contribution in [1.82, 2.24) is 10.3 Å². The van der Waals surface area contributed by atoms with E-state index in [1.54, 1.807) is 7.11 Å². The van der Waals surface area contributed by atoms with Crippen LogP contribution in [0.15, 0.2) is 40.8 Å². The van der Waals surface area contributed by atoms with Crippen molar-refractivity contribution in [2.45, 2.75) is 27.7 Å². The molecule has 2 N–H and O–H groups in total. The van der Waals surface area contributed by atoms with Crippen molar-refractivity contribution >= 4 is 40.0 Å². The molecule has 0 fully saturated rings. The number of ether oxygens (including phenoxy) is 1. The van der Waals surface area contributed by atoms with Gasteiger partial charge in [-0.25, -0.2) is 4.98 Å². The Balaban J connectivity index is 1.85. The van der Waals surface area contributed by atoms with E-state index in [1.165, 1.54) is 0 Å². The second-order valence-corrected chi connectivity index (χ2v) is 7.95. The van der Waals surface area contributed by atoms with E-state index >= 15 is 0 Å². The minimum atomic E-state index is -0.526. The van der Waals surface area contributed by atoms with Crippen LogP contribution in [-0.2, 0) is 4.79 Å². The lowest BCUT2D eigenvalue weighted by Crippen LogP contribution is -2.41. The number of carbonyl (C=O) groups is 1. The molecule has 0 atom stereocenters. The zero-order chi connectivity index (χ0) is 20.5. The summed E-state index contributed by atoms with van der Waals surface area (Å²) in [5.74, 6) is 1.07. The SMILES string of the molecule is COc1ccc2oc(-c3ccc(C)c(NC(=S)NC(=O)C(C)(C)C)c3)nc2c1. The van der Waals surface area contributed by atoms with E-state index in [-0.39, 0.29) is 11.0 Å². The van der Waals surface area contributed by atoms with Gasteiger partial charge in [0, 0.05) is 22.7 Å². The highest BCUT2D eigenvalue weighted by Crippen LogP contribution is 2.29. The monoisotopic (exact) mass is 397 g/mol. The Kier molecular flexibility index (Phi) is 5.38. The van der Waals surface area contributed by atoms with Crippen LogP contribution in [0.25, 0.3) is 22.6 Å². The number of hydrogen-bond donors (Lipinski definition) is 2. The molecule has 1 heterocycles. The molecule has 1 aromatic heterocycles. The number of carbonyl (C=O) groups excluding carboxylic acids is 1. The molecule has 146 valence electrons. The van der Waals surface area contributed by atoms with Gasteiger partial charge in [0.1, 0.15) is 11.3 Å². The third-order valence-corrected chi connectivity index (χ3v) is 4.44. The van der Waals surface area contributed by atoms with Gasteiger partial charge in [0.2, 0.25) is 11.8 Å². The number of nitrogens with one attached hydrogen (secondary N) is 2. The maximum Gasteiger partial charge on any atom is 0.231 e. The molecule has 0 aliphatic heterocycles. The second kappa shape index (κ2) is 7.59. The third kappa shape index (κ3) is 4.31. The Bertz CT molecular complexity index is 1050. The average Bonchev–Trinajstić information content (AvgIpc) is 3.05. The van der Waals surface area contributed by atoms with Gasteiger partial charge in [-0.05, 0) is 49.0 Å². The number of aromatic nitrogens is 1. The van der Waals surface area contributed by atoms with E-state index in [0.29, 0.717) is 11.5 Å². The normalized spacial score (nSPS) is 11.3. The van der Waals surface area contributed by atoms with Crippen molar-refractivity contribution < 1.29 is 13.9 Å². The summed E-state index contributed by atoms with van der Waals surface area (Å²) < 4.78 is 11.1. The molecular weight excluding hydrogens is 374 g/mol. The number of aryl methyl sites for hydroxylation is 1. The van der Waals surface area contributed by atoms with Crippen LogP contribution < -0.4 is 15.4 Å². The van der Waals surface area contributed by atoms with Crippen LogP contribution in [0.5, 0.6) is 5.75 Å². The molecule has 3 rings (SSSR count). The Labute approximate surface area is 169 Å². The Morgan fingerprint density at radius 1 is 1.18 bits per heavy atom. The summed E-state index contributed by atoms with van der Waals surface area (Å²) in [6.45, 7) is 7.45. The Morgan fingerprint density at radius 2 is 1.93 bits per heavy atom. The van der Waals surface area contributed by atoms with Crippen LogP contribution in [0.4, 0.5) is 5.69 Å². The van der Waals surface area contributed by atoms with Gasteiger partial charge >= 0.3 is 0 Å². The number of fused-ring (bicyclic) bond motifs is 1. The van der Waals surface area contributed by atoms with E-state index in [1.807, 2.05) is 64.1 Å². The predicted octanol–water partition coefficient (Wildman–Crippen LogP) is 4.67. The zero-order valence-electron chi connectivity index (χ0n) is 16.5. The van der Waals surface area contributed by atoms with Gasteiger partial charge in [0.15, 0.2) is 10.7 Å². The number of nitrogens with zero attached hydrogens (tertiary/aromatic N) is 1. The number of anilines is 1. The first-order valence-corrected chi connectivity index (χ1v) is 9.26. The van der Waals surface area contributed by atoms with Gasteiger partial charge in [-0.1, -0.05) is 26.8 Å². The molecule has 0 spiro atoms. The first-order chi connectivity index (χ1) is 13.2. The summed E-state index contributed by atoms with van der Waals surface area (Å²) >= 11 is 5.28. The summed E-state index contributed by atoms with van der Waals surface area (Å²) in [5, 5.41) is 6.06. The van der Waals surface area contributed by atoms with Crippen molar-refractivity contribution in [3.8, 4) is 17.2 Å². The fourth-order valence-corrected chi connectivity index (χ4v) is 2.69. The zero-order valence-corrected chi connectivity index (χ0v) is 17.4. The number of methoxy groups -OCH3 is 1. The Morgan fingerprint density at radius 3 is 2.61 bits per heavy atom. The van der Waals surface area contributed by atoms with Crippen molar-refractivity contribution in [2.75, 3.05) is 12.4 Å². The predicted molar refractivity (Wildman–Crippen MR) is 115 cm³/mol. The third-order valence-electron chi connectivity index (χ3n) is 4.24. The topological polar surface area (TPSA) is 76.4 Å². The molecule has 7 heteroatoms. The molecule has 3 aromatic rings. The van der Waals surface area contributed by atoms with Crippen molar-refractivity contribution in [2.24, 2.45) is 5.41 Å². The molecule has 1 amide bonds. The van der Waals surface area contributed by atoms with E-state index < -0.39 is 5.41 Å². The van der Waals surface area contributed by atoms with Crippen LogP contribution in [0, 0.1) is 12.3 Å². The van der Waals surface area contributed by atoms with Crippen LogP contribution in [0.2, 0.25) is 0 Å². The summed E-state index contributed by atoms with van der Waals surface area (Å²) in [5.41, 5.74) is 3.43. The van der Waals surface area contributed by atoms with E-state index in [9.17, 15) is 4.79 Å². The fraction of sp³-hybridized carbons (Fsp3) is 0.286. The molecular formula is C21H23N3O3S. The first-order valence-electron chi connectivity index (χ1n) is 8.85. The number of amides is 1.